The lowest BCUT2D eigenvalue weighted by Gasteiger charge is -1.53. The standard InChI is InChI=1S/C3H4S/c1-3-4-2/h1H,2H3. The molecule has 4 heavy (non-hydrogen) atoms. The topological polar surface area (TPSA) is 0 Å². The molecule has 0 atom stereocenters. The van der Waals surface area contributed by atoms with Crippen LogP contribution in [0.1, 0.15) is 0 Å². The van der Waals surface area contributed by atoms with Crippen molar-refractivity contribution in [2.75, 3.05) is 6.26 Å². The Morgan fingerprint density at radius 2 is 2.25 bits per heavy atom. The van der Waals surface area contributed by atoms with Gasteiger partial charge in [-0.1, -0.05) is 11.8 Å². The fourth-order valence-corrected chi connectivity index (χ4v) is 0. The maximum atomic E-state index is 4.74. The highest BCUT2D eigenvalue weighted by molar-refractivity contribution is 8.03. The van der Waals surface area contributed by atoms with Gasteiger partial charge in [0.15, 0.2) is 0 Å². The molecule has 0 bridgehead atoms. The molecule has 0 aromatic rings. The van der Waals surface area contributed by atoms with Crippen LogP contribution in [0, 0.1) is 11.7 Å². The van der Waals surface area contributed by atoms with E-state index in [2.05, 4.69) is 5.25 Å². The maximum absolute atomic E-state index is 4.74. The van der Waals surface area contributed by atoms with Crippen molar-refractivity contribution in [3.63, 3.8) is 0 Å². The van der Waals surface area contributed by atoms with Gasteiger partial charge in [-0.2, -0.15) is 0 Å². The van der Waals surface area contributed by atoms with Gasteiger partial charge >= 0.3 is 0 Å². The molecule has 0 spiro atoms. The van der Waals surface area contributed by atoms with E-state index < -0.39 is 0 Å². The lowest BCUT2D eigenvalue weighted by Crippen LogP contribution is -1.27. The molecule has 0 nitrogen and oxygen atoms in total. The first kappa shape index (κ1) is 3.91. The third kappa shape index (κ3) is 1.91. The number of thioether (sulfide) groups is 1. The zero-order chi connectivity index (χ0) is 3.41. The van der Waals surface area contributed by atoms with Crippen LogP contribution in [0.5, 0.6) is 0 Å². The van der Waals surface area contributed by atoms with E-state index in [1.807, 2.05) is 6.26 Å². The molecule has 0 aromatic heterocycles. The fraction of sp³-hybridized carbons (Fsp3) is 0.333. The average Bonchev–Trinajstić information content (AvgIpc) is 1.37. The van der Waals surface area contributed by atoms with Crippen molar-refractivity contribution in [3.8, 4) is 11.7 Å². The maximum Gasteiger partial charge on any atom is -0.00594 e. The summed E-state index contributed by atoms with van der Waals surface area (Å²) < 4.78 is 0. The van der Waals surface area contributed by atoms with Crippen molar-refractivity contribution in [1.82, 2.24) is 0 Å². The molecule has 22 valence electrons. The van der Waals surface area contributed by atoms with Gasteiger partial charge in [0.25, 0.3) is 0 Å². The van der Waals surface area contributed by atoms with Crippen molar-refractivity contribution in [2.45, 2.75) is 0 Å². The molecule has 0 amide bonds. The number of rotatable bonds is 0. The number of hydrogen-bond donors (Lipinski definition) is 0. The van der Waals surface area contributed by atoms with Crippen LogP contribution in [0.3, 0.4) is 0 Å². The van der Waals surface area contributed by atoms with Crippen molar-refractivity contribution in [1.29, 1.82) is 0 Å². The van der Waals surface area contributed by atoms with Gasteiger partial charge < -0.3 is 0 Å². The predicted molar refractivity (Wildman–Crippen MR) is 22.3 cm³/mol. The SMILES string of the molecule is C#CSC. The minimum Gasteiger partial charge on any atom is -0.108 e. The molecule has 0 unspecified atom stereocenters. The zero-order valence-corrected chi connectivity index (χ0v) is 3.30. The Morgan fingerprint density at radius 1 is 2.00 bits per heavy atom. The number of hydrogen-bond acceptors (Lipinski definition) is 1. The Labute approximate surface area is 30.6 Å². The average molecular weight is 72.1 g/mol. The Hall–Kier alpha value is -0.0900. The second-order valence-corrected chi connectivity index (χ2v) is 0.966. The van der Waals surface area contributed by atoms with Crippen LogP contribution < -0.4 is 0 Å². The summed E-state index contributed by atoms with van der Waals surface area (Å²) in [5.41, 5.74) is 0. The smallest absolute Gasteiger partial charge is 0.00594 e. The highest BCUT2D eigenvalue weighted by atomic mass is 32.2. The molecule has 0 rings (SSSR count). The quantitative estimate of drug-likeness (QED) is 0.384. The Bertz CT molecular complexity index is 33.0. The van der Waals surface area contributed by atoms with E-state index in [-0.39, 0.29) is 0 Å². The van der Waals surface area contributed by atoms with Gasteiger partial charge in [0, 0.05) is 0 Å². The minimum absolute atomic E-state index is 1.38. The van der Waals surface area contributed by atoms with Crippen LogP contribution in [0.15, 0.2) is 0 Å². The highest BCUT2D eigenvalue weighted by Gasteiger charge is 1.42. The monoisotopic (exact) mass is 72.0 g/mol. The minimum atomic E-state index is 1.38. The molecule has 0 aliphatic carbocycles. The molecule has 0 heterocycles. The van der Waals surface area contributed by atoms with Crippen LogP contribution >= 0.6 is 11.8 Å². The van der Waals surface area contributed by atoms with Crippen LogP contribution in [0.25, 0.3) is 0 Å². The number of terminal acetylenes is 1. The second kappa shape index (κ2) is 2.91. The summed E-state index contributed by atoms with van der Waals surface area (Å²) in [6.07, 6.45) is 6.60. The Balaban J connectivity index is 2.43. The summed E-state index contributed by atoms with van der Waals surface area (Å²) in [5.74, 6) is 0. The van der Waals surface area contributed by atoms with Crippen molar-refractivity contribution in [2.24, 2.45) is 0 Å². The van der Waals surface area contributed by atoms with Gasteiger partial charge in [0.1, 0.15) is 0 Å². The molecule has 0 radical (unpaired) electrons. The van der Waals surface area contributed by atoms with Crippen LogP contribution in [-0.4, -0.2) is 6.26 Å². The van der Waals surface area contributed by atoms with E-state index in [1.165, 1.54) is 11.8 Å². The first-order chi connectivity index (χ1) is 1.91. The summed E-state index contributed by atoms with van der Waals surface area (Å²) in [6, 6.07) is 0. The summed E-state index contributed by atoms with van der Waals surface area (Å²) in [5, 5.41) is 2.35. The Kier molecular flexibility index (Phi) is 2.84. The highest BCUT2D eigenvalue weighted by Crippen LogP contribution is 1.78. The van der Waals surface area contributed by atoms with E-state index in [4.69, 9.17) is 6.42 Å². The summed E-state index contributed by atoms with van der Waals surface area (Å²) >= 11 is 1.38. The Morgan fingerprint density at radius 3 is 2.25 bits per heavy atom. The molecule has 0 fully saturated rings. The third-order valence-corrected chi connectivity index (χ3v) is 0.354. The predicted octanol–water partition coefficient (Wildman–Crippen LogP) is 0.940. The van der Waals surface area contributed by atoms with Crippen molar-refractivity contribution >= 4 is 11.8 Å². The largest absolute Gasteiger partial charge is 0.108 e. The van der Waals surface area contributed by atoms with Gasteiger partial charge in [0.2, 0.25) is 0 Å². The van der Waals surface area contributed by atoms with E-state index >= 15 is 0 Å². The normalized spacial score (nSPS) is 5.00. The van der Waals surface area contributed by atoms with Gasteiger partial charge in [-0.15, -0.1) is 6.42 Å². The van der Waals surface area contributed by atoms with Crippen LogP contribution in [0.2, 0.25) is 0 Å². The van der Waals surface area contributed by atoms with Gasteiger partial charge in [-0.25, -0.2) is 0 Å². The lowest BCUT2D eigenvalue weighted by molar-refractivity contribution is 2.51. The lowest BCUT2D eigenvalue weighted by atomic mass is 11.4. The first-order valence-corrected chi connectivity index (χ1v) is 2.13. The van der Waals surface area contributed by atoms with Crippen LogP contribution in [0.4, 0.5) is 0 Å². The van der Waals surface area contributed by atoms with E-state index in [1.54, 1.807) is 0 Å². The molecule has 0 aliphatic heterocycles. The molecule has 0 aromatic carbocycles. The second-order valence-electron chi connectivity index (χ2n) is 0.322. The van der Waals surface area contributed by atoms with Crippen LogP contribution in [-0.2, 0) is 0 Å². The van der Waals surface area contributed by atoms with Gasteiger partial charge in [-0.05, 0) is 11.5 Å². The summed E-state index contributed by atoms with van der Waals surface area (Å²) in [4.78, 5) is 0. The molecular formula is C3H4S. The molecule has 0 aliphatic rings. The first-order valence-electron chi connectivity index (χ1n) is 0.901. The molecule has 0 saturated heterocycles. The zero-order valence-electron chi connectivity index (χ0n) is 2.49. The van der Waals surface area contributed by atoms with Crippen molar-refractivity contribution in [3.05, 3.63) is 0 Å². The van der Waals surface area contributed by atoms with E-state index in [9.17, 15) is 0 Å². The summed E-state index contributed by atoms with van der Waals surface area (Å²) in [6.45, 7) is 0. The van der Waals surface area contributed by atoms with E-state index in [0.29, 0.717) is 0 Å². The molecular weight excluding hydrogens is 68.1 g/mol. The van der Waals surface area contributed by atoms with Crippen molar-refractivity contribution < 1.29 is 0 Å². The third-order valence-electron chi connectivity index (χ3n) is 0.118. The van der Waals surface area contributed by atoms with Gasteiger partial charge in [-0.3, -0.25) is 0 Å². The summed E-state index contributed by atoms with van der Waals surface area (Å²) in [7, 11) is 0. The fourth-order valence-electron chi connectivity index (χ4n) is 0. The molecule has 0 N–H and O–H groups in total. The molecule has 0 saturated carbocycles. The van der Waals surface area contributed by atoms with Gasteiger partial charge in [0.05, 0.1) is 0 Å². The molecule has 1 heteroatoms. The van der Waals surface area contributed by atoms with E-state index in [0.717, 1.165) is 0 Å².